The van der Waals surface area contributed by atoms with Gasteiger partial charge in [-0.3, -0.25) is 9.59 Å². The van der Waals surface area contributed by atoms with Crippen LogP contribution >= 0.6 is 0 Å². The predicted molar refractivity (Wildman–Crippen MR) is 113 cm³/mol. The van der Waals surface area contributed by atoms with E-state index in [0.717, 1.165) is 19.3 Å². The summed E-state index contributed by atoms with van der Waals surface area (Å²) in [6.45, 7) is 5.16. The number of nitrogens with zero attached hydrogens (tertiary/aromatic N) is 3. The van der Waals surface area contributed by atoms with Gasteiger partial charge in [0.05, 0.1) is 30.7 Å². The van der Waals surface area contributed by atoms with Crippen molar-refractivity contribution in [1.82, 2.24) is 19.8 Å². The van der Waals surface area contributed by atoms with Crippen LogP contribution in [0.2, 0.25) is 0 Å². The summed E-state index contributed by atoms with van der Waals surface area (Å²) in [5.41, 5.74) is 2.61. The van der Waals surface area contributed by atoms with Crippen LogP contribution in [0.25, 0.3) is 0 Å². The molecule has 1 N–H and O–H groups in total. The first-order valence-electron chi connectivity index (χ1n) is 10.7. The van der Waals surface area contributed by atoms with E-state index >= 15 is 0 Å². The van der Waals surface area contributed by atoms with Crippen LogP contribution in [0.3, 0.4) is 0 Å². The molecule has 1 aromatic carbocycles. The minimum absolute atomic E-state index is 0.00167. The van der Waals surface area contributed by atoms with Gasteiger partial charge in [0.25, 0.3) is 5.91 Å². The Bertz CT molecular complexity index is 928. The summed E-state index contributed by atoms with van der Waals surface area (Å²) in [5.74, 6) is 0.0233. The summed E-state index contributed by atoms with van der Waals surface area (Å²) < 4.78 is 8.37. The number of likely N-dealkylation sites (tertiary alicyclic amines) is 1. The number of hydrogen-bond acceptors (Lipinski definition) is 4. The first-order valence-corrected chi connectivity index (χ1v) is 10.7. The standard InChI is InChI=1S/C23H30N4O3/c1-16(2)25-21(28)13-18-12-17-6-4-5-7-19(17)23(30-18)8-10-27(11-9-23)22(29)20-14-24-15-26(20)3/h4-7,14-16,18H,8-13H2,1-3H3,(H,25,28). The average molecular weight is 411 g/mol. The molecular formula is C23H30N4O3. The molecule has 2 aromatic rings. The Morgan fingerprint density at radius 1 is 1.27 bits per heavy atom. The number of amides is 2. The first-order chi connectivity index (χ1) is 14.4. The Hall–Kier alpha value is -2.67. The van der Waals surface area contributed by atoms with Gasteiger partial charge in [-0.2, -0.15) is 0 Å². The molecule has 2 aliphatic rings. The summed E-state index contributed by atoms with van der Waals surface area (Å²) in [5, 5.41) is 2.97. The van der Waals surface area contributed by atoms with Crippen LogP contribution in [0.5, 0.6) is 0 Å². The second-order valence-corrected chi connectivity index (χ2v) is 8.70. The van der Waals surface area contributed by atoms with Crippen molar-refractivity contribution < 1.29 is 14.3 Å². The molecule has 30 heavy (non-hydrogen) atoms. The minimum Gasteiger partial charge on any atom is -0.366 e. The fraction of sp³-hybridized carbons (Fsp3) is 0.522. The highest BCUT2D eigenvalue weighted by molar-refractivity contribution is 5.92. The van der Waals surface area contributed by atoms with E-state index in [-0.39, 0.29) is 24.0 Å². The third kappa shape index (κ3) is 3.99. The lowest BCUT2D eigenvalue weighted by Gasteiger charge is -2.47. The lowest BCUT2D eigenvalue weighted by molar-refractivity contribution is -0.148. The molecule has 160 valence electrons. The molecule has 1 saturated heterocycles. The number of imidazole rings is 1. The number of rotatable bonds is 4. The molecule has 1 aromatic heterocycles. The molecule has 1 fully saturated rings. The minimum atomic E-state index is -0.444. The maximum atomic E-state index is 12.9. The molecule has 3 heterocycles. The molecule has 7 nitrogen and oxygen atoms in total. The number of fused-ring (bicyclic) bond motifs is 2. The van der Waals surface area contributed by atoms with Gasteiger partial charge in [0.1, 0.15) is 5.69 Å². The van der Waals surface area contributed by atoms with Gasteiger partial charge < -0.3 is 19.5 Å². The molecule has 0 bridgehead atoms. The molecule has 0 saturated carbocycles. The molecule has 4 rings (SSSR count). The van der Waals surface area contributed by atoms with Crippen molar-refractivity contribution in [2.24, 2.45) is 7.05 Å². The molecule has 0 radical (unpaired) electrons. The normalized spacial score (nSPS) is 20.3. The van der Waals surface area contributed by atoms with Gasteiger partial charge in [-0.15, -0.1) is 0 Å². The Kier molecular flexibility index (Phi) is 5.64. The van der Waals surface area contributed by atoms with E-state index in [2.05, 4.69) is 22.4 Å². The maximum absolute atomic E-state index is 12.9. The van der Waals surface area contributed by atoms with Crippen molar-refractivity contribution in [2.45, 2.75) is 57.3 Å². The lowest BCUT2D eigenvalue weighted by atomic mass is 9.77. The Balaban J connectivity index is 1.51. The van der Waals surface area contributed by atoms with Crippen molar-refractivity contribution in [1.29, 1.82) is 0 Å². The second-order valence-electron chi connectivity index (χ2n) is 8.70. The van der Waals surface area contributed by atoms with Gasteiger partial charge in [-0.25, -0.2) is 4.98 Å². The van der Waals surface area contributed by atoms with Gasteiger partial charge in [-0.1, -0.05) is 24.3 Å². The van der Waals surface area contributed by atoms with E-state index in [1.165, 1.54) is 11.1 Å². The van der Waals surface area contributed by atoms with Crippen molar-refractivity contribution in [3.05, 3.63) is 53.6 Å². The number of benzene rings is 1. The third-order valence-corrected chi connectivity index (χ3v) is 6.10. The quantitative estimate of drug-likeness (QED) is 0.840. The number of carbonyl (C=O) groups is 2. The molecule has 1 atom stereocenters. The number of aromatic nitrogens is 2. The van der Waals surface area contributed by atoms with Crippen molar-refractivity contribution in [3.8, 4) is 0 Å². The summed E-state index contributed by atoms with van der Waals surface area (Å²) in [6.07, 6.45) is 5.63. The summed E-state index contributed by atoms with van der Waals surface area (Å²) >= 11 is 0. The van der Waals surface area contributed by atoms with E-state index in [1.54, 1.807) is 17.1 Å². The number of aryl methyl sites for hydroxylation is 1. The second kappa shape index (κ2) is 8.22. The van der Waals surface area contributed by atoms with E-state index < -0.39 is 5.60 Å². The zero-order valence-electron chi connectivity index (χ0n) is 17.9. The number of ether oxygens (including phenoxy) is 1. The molecule has 2 amide bonds. The van der Waals surface area contributed by atoms with Gasteiger partial charge in [-0.05, 0) is 44.2 Å². The van der Waals surface area contributed by atoms with Crippen molar-refractivity contribution >= 4 is 11.8 Å². The van der Waals surface area contributed by atoms with E-state index in [0.29, 0.717) is 25.2 Å². The largest absolute Gasteiger partial charge is 0.366 e. The smallest absolute Gasteiger partial charge is 0.272 e. The fourth-order valence-corrected chi connectivity index (χ4v) is 4.70. The van der Waals surface area contributed by atoms with Gasteiger partial charge in [0.2, 0.25) is 5.91 Å². The van der Waals surface area contributed by atoms with Crippen LogP contribution < -0.4 is 5.32 Å². The van der Waals surface area contributed by atoms with Crippen LogP contribution in [0.4, 0.5) is 0 Å². The molecule has 7 heteroatoms. The molecule has 2 aliphatic heterocycles. The maximum Gasteiger partial charge on any atom is 0.272 e. The Morgan fingerprint density at radius 3 is 2.67 bits per heavy atom. The van der Waals surface area contributed by atoms with Crippen molar-refractivity contribution in [2.75, 3.05) is 13.1 Å². The lowest BCUT2D eigenvalue weighted by Crippen LogP contribution is -2.51. The third-order valence-electron chi connectivity index (χ3n) is 6.10. The monoisotopic (exact) mass is 410 g/mol. The van der Waals surface area contributed by atoms with Crippen LogP contribution in [0, 0.1) is 0 Å². The number of hydrogen-bond donors (Lipinski definition) is 1. The fourth-order valence-electron chi connectivity index (χ4n) is 4.70. The molecule has 0 aliphatic carbocycles. The SMILES string of the molecule is CC(C)NC(=O)CC1Cc2ccccc2C2(CCN(C(=O)c3cncn3C)CC2)O1. The summed E-state index contributed by atoms with van der Waals surface area (Å²) in [6, 6.07) is 8.48. The van der Waals surface area contributed by atoms with E-state index in [4.69, 9.17) is 4.74 Å². The van der Waals surface area contributed by atoms with Crippen LogP contribution in [0.15, 0.2) is 36.8 Å². The highest BCUT2D eigenvalue weighted by Crippen LogP contribution is 2.44. The van der Waals surface area contributed by atoms with Gasteiger partial charge in [0.15, 0.2) is 0 Å². The van der Waals surface area contributed by atoms with Gasteiger partial charge >= 0.3 is 0 Å². The number of nitrogens with one attached hydrogen (secondary N) is 1. The topological polar surface area (TPSA) is 76.5 Å². The van der Waals surface area contributed by atoms with Crippen LogP contribution in [-0.2, 0) is 28.6 Å². The zero-order valence-corrected chi connectivity index (χ0v) is 17.9. The first kappa shape index (κ1) is 20.6. The predicted octanol–water partition coefficient (Wildman–Crippen LogP) is 2.41. The van der Waals surface area contributed by atoms with E-state index in [9.17, 15) is 9.59 Å². The van der Waals surface area contributed by atoms with E-state index in [1.807, 2.05) is 37.9 Å². The van der Waals surface area contributed by atoms with Crippen LogP contribution in [-0.4, -0.2) is 51.5 Å². The highest BCUT2D eigenvalue weighted by atomic mass is 16.5. The molecular weight excluding hydrogens is 380 g/mol. The zero-order chi connectivity index (χ0) is 21.3. The van der Waals surface area contributed by atoms with Crippen LogP contribution in [0.1, 0.15) is 54.7 Å². The Labute approximate surface area is 177 Å². The number of carbonyl (C=O) groups excluding carboxylic acids is 2. The number of piperidine rings is 1. The van der Waals surface area contributed by atoms with Gasteiger partial charge in [0, 0.05) is 26.2 Å². The molecule has 1 spiro atoms. The Morgan fingerprint density at radius 2 is 2.00 bits per heavy atom. The average Bonchev–Trinajstić information content (AvgIpc) is 3.13. The highest BCUT2D eigenvalue weighted by Gasteiger charge is 2.44. The summed E-state index contributed by atoms with van der Waals surface area (Å²) in [4.78, 5) is 31.2. The van der Waals surface area contributed by atoms with Crippen molar-refractivity contribution in [3.63, 3.8) is 0 Å². The summed E-state index contributed by atoms with van der Waals surface area (Å²) in [7, 11) is 1.83. The molecule has 1 unspecified atom stereocenters.